The van der Waals surface area contributed by atoms with Gasteiger partial charge in [-0.1, -0.05) is 51.5 Å². The third-order valence-corrected chi connectivity index (χ3v) is 10.3. The van der Waals surface area contributed by atoms with Gasteiger partial charge in [0.1, 0.15) is 0 Å². The minimum Gasteiger partial charge on any atom is -0.396 e. The summed E-state index contributed by atoms with van der Waals surface area (Å²) in [6, 6.07) is 2.15. The van der Waals surface area contributed by atoms with Crippen molar-refractivity contribution >= 4 is 0 Å². The smallest absolute Gasteiger partial charge is 0.0462 e. The highest BCUT2D eigenvalue weighted by atomic mass is 16.3. The van der Waals surface area contributed by atoms with E-state index in [0.717, 1.165) is 24.2 Å². The lowest BCUT2D eigenvalue weighted by atomic mass is 9.50. The van der Waals surface area contributed by atoms with Crippen molar-refractivity contribution < 1.29 is 5.11 Å². The van der Waals surface area contributed by atoms with E-state index in [1.54, 1.807) is 5.57 Å². The van der Waals surface area contributed by atoms with Crippen LogP contribution in [-0.4, -0.2) is 16.7 Å². The van der Waals surface area contributed by atoms with Crippen LogP contribution in [0.25, 0.3) is 0 Å². The number of aromatic nitrogens is 1. The summed E-state index contributed by atoms with van der Waals surface area (Å²) < 4.78 is 0. The molecular formula is C28H41NO. The highest BCUT2D eigenvalue weighted by Gasteiger charge is 2.71. The Labute approximate surface area is 183 Å². The first kappa shape index (κ1) is 20.6. The van der Waals surface area contributed by atoms with Crippen LogP contribution >= 0.6 is 0 Å². The monoisotopic (exact) mass is 407 g/mol. The number of hydrogen-bond donors (Lipinski definition) is 2. The van der Waals surface area contributed by atoms with Crippen LogP contribution in [0.5, 0.6) is 0 Å². The van der Waals surface area contributed by atoms with Gasteiger partial charge in [-0.25, -0.2) is 0 Å². The van der Waals surface area contributed by atoms with E-state index in [4.69, 9.17) is 0 Å². The second-order valence-corrected chi connectivity index (χ2v) is 12.2. The van der Waals surface area contributed by atoms with Crippen molar-refractivity contribution in [3.63, 3.8) is 0 Å². The topological polar surface area (TPSA) is 36.0 Å². The predicted molar refractivity (Wildman–Crippen MR) is 124 cm³/mol. The number of fused-ring (bicyclic) bond motifs is 4. The van der Waals surface area contributed by atoms with Crippen molar-refractivity contribution in [2.24, 2.45) is 45.8 Å². The minimum absolute atomic E-state index is 0.306. The molecule has 7 atom stereocenters. The van der Waals surface area contributed by atoms with Gasteiger partial charge >= 0.3 is 0 Å². The maximum atomic E-state index is 10.0. The third kappa shape index (κ3) is 2.85. The Bertz CT molecular complexity index is 848. The van der Waals surface area contributed by atoms with Crippen molar-refractivity contribution in [2.75, 3.05) is 6.61 Å². The van der Waals surface area contributed by atoms with Crippen molar-refractivity contribution in [1.29, 1.82) is 0 Å². The summed E-state index contributed by atoms with van der Waals surface area (Å²) in [6.07, 6.45) is 15.6. The Morgan fingerprint density at radius 1 is 1.23 bits per heavy atom. The molecule has 2 nitrogen and oxygen atoms in total. The number of allylic oxidation sites excluding steroid dienone is 3. The number of rotatable bonds is 5. The minimum atomic E-state index is 0.306. The van der Waals surface area contributed by atoms with Crippen molar-refractivity contribution in [3.8, 4) is 0 Å². The Balaban J connectivity index is 1.37. The fourth-order valence-corrected chi connectivity index (χ4v) is 8.69. The Morgan fingerprint density at radius 2 is 2.00 bits per heavy atom. The van der Waals surface area contributed by atoms with E-state index in [1.165, 1.54) is 49.7 Å². The Hall–Kier alpha value is -1.28. The molecule has 0 saturated heterocycles. The quantitative estimate of drug-likeness (QED) is 0.570. The molecule has 164 valence electrons. The largest absolute Gasteiger partial charge is 0.396 e. The molecule has 1 spiro atoms. The first-order valence-corrected chi connectivity index (χ1v) is 12.4. The summed E-state index contributed by atoms with van der Waals surface area (Å²) in [5.74, 6) is 3.38. The van der Waals surface area contributed by atoms with E-state index in [1.807, 2.05) is 6.20 Å². The Morgan fingerprint density at radius 3 is 2.70 bits per heavy atom. The van der Waals surface area contributed by atoms with Crippen LogP contribution in [0.15, 0.2) is 42.3 Å². The van der Waals surface area contributed by atoms with Crippen LogP contribution in [0, 0.1) is 45.8 Å². The number of aromatic amines is 1. The van der Waals surface area contributed by atoms with Gasteiger partial charge in [0.25, 0.3) is 0 Å². The molecule has 30 heavy (non-hydrogen) atoms. The fraction of sp³-hybridized carbons (Fsp3) is 0.714. The van der Waals surface area contributed by atoms with E-state index in [-0.39, 0.29) is 0 Å². The van der Waals surface area contributed by atoms with Gasteiger partial charge in [0, 0.05) is 19.0 Å². The molecule has 0 aliphatic heterocycles. The van der Waals surface area contributed by atoms with Crippen LogP contribution in [0.2, 0.25) is 0 Å². The molecule has 4 aliphatic rings. The molecule has 2 heteroatoms. The molecule has 5 rings (SSSR count). The van der Waals surface area contributed by atoms with E-state index >= 15 is 0 Å². The molecule has 0 radical (unpaired) electrons. The van der Waals surface area contributed by atoms with E-state index in [0.29, 0.717) is 34.7 Å². The first-order valence-electron chi connectivity index (χ1n) is 12.4. The molecule has 0 aromatic carbocycles. The van der Waals surface area contributed by atoms with Crippen LogP contribution in [0.1, 0.15) is 71.8 Å². The molecule has 3 saturated carbocycles. The zero-order chi connectivity index (χ0) is 21.3. The van der Waals surface area contributed by atoms with Gasteiger partial charge in [-0.2, -0.15) is 0 Å². The molecule has 0 unspecified atom stereocenters. The zero-order valence-electron chi connectivity index (χ0n) is 19.5. The number of nitrogens with one attached hydrogen (secondary N) is 1. The molecule has 2 N–H and O–H groups in total. The molecule has 4 aliphatic carbocycles. The van der Waals surface area contributed by atoms with Gasteiger partial charge in [-0.05, 0) is 102 Å². The summed E-state index contributed by atoms with van der Waals surface area (Å²) in [5.41, 5.74) is 5.67. The standard InChI is InChI=1S/C28H41NO/c1-18-12-23-27(5,25-24(18)26(25,3)4)19(2)6-9-28(23)10-7-20(15-28)13-22(17-30)14-21-8-11-29-16-21/h8,11-12,16,19-20,22,24-25,29-30H,1,6-7,9-10,13-15,17H2,2-5H3/t19-,20-,22-,24+,25-,27+,28-/m0/s1. The lowest BCUT2D eigenvalue weighted by Gasteiger charge is -2.54. The van der Waals surface area contributed by atoms with Gasteiger partial charge in [0.2, 0.25) is 0 Å². The van der Waals surface area contributed by atoms with Gasteiger partial charge in [0.15, 0.2) is 0 Å². The molecule has 0 bridgehead atoms. The normalized spacial score (nSPS) is 42.6. The van der Waals surface area contributed by atoms with Crippen LogP contribution in [0.4, 0.5) is 0 Å². The van der Waals surface area contributed by atoms with Crippen LogP contribution in [0.3, 0.4) is 0 Å². The Kier molecular flexibility index (Phi) is 4.71. The van der Waals surface area contributed by atoms with Crippen LogP contribution in [-0.2, 0) is 6.42 Å². The second-order valence-electron chi connectivity index (χ2n) is 12.2. The van der Waals surface area contributed by atoms with Gasteiger partial charge in [-0.15, -0.1) is 0 Å². The number of H-pyrrole nitrogens is 1. The SMILES string of the molecule is C=C1C=C2[C@]3(CC[C@@H](C[C@H](CO)Cc4cc[nH]c4)C3)CC[C@H](C)[C@@]2(C)[C@H]2[C@@H]1C2(C)C. The summed E-state index contributed by atoms with van der Waals surface area (Å²) in [7, 11) is 0. The third-order valence-electron chi connectivity index (χ3n) is 10.3. The van der Waals surface area contributed by atoms with Crippen molar-refractivity contribution in [1.82, 2.24) is 4.98 Å². The highest BCUT2D eigenvalue weighted by Crippen LogP contribution is 2.78. The summed E-state index contributed by atoms with van der Waals surface area (Å²) >= 11 is 0. The zero-order valence-corrected chi connectivity index (χ0v) is 19.5. The average molecular weight is 408 g/mol. The second kappa shape index (κ2) is 6.86. The summed E-state index contributed by atoms with van der Waals surface area (Å²) in [6.45, 7) is 14.9. The van der Waals surface area contributed by atoms with Gasteiger partial charge < -0.3 is 10.1 Å². The molecule has 3 fully saturated rings. The molecule has 1 heterocycles. The molecule has 0 amide bonds. The van der Waals surface area contributed by atoms with Gasteiger partial charge in [0.05, 0.1) is 0 Å². The highest BCUT2D eigenvalue weighted by molar-refractivity contribution is 5.47. The maximum absolute atomic E-state index is 10.0. The molecule has 1 aromatic rings. The lowest BCUT2D eigenvalue weighted by Crippen LogP contribution is -2.45. The maximum Gasteiger partial charge on any atom is 0.0462 e. The van der Waals surface area contributed by atoms with Gasteiger partial charge in [-0.3, -0.25) is 0 Å². The summed E-state index contributed by atoms with van der Waals surface area (Å²) in [4.78, 5) is 3.16. The lowest BCUT2D eigenvalue weighted by molar-refractivity contribution is 0.0696. The number of aliphatic hydroxyl groups excluding tert-OH is 1. The number of hydrogen-bond acceptors (Lipinski definition) is 1. The predicted octanol–water partition coefficient (Wildman–Crippen LogP) is 6.55. The van der Waals surface area contributed by atoms with Crippen molar-refractivity contribution in [2.45, 2.75) is 72.6 Å². The van der Waals surface area contributed by atoms with Crippen molar-refractivity contribution in [3.05, 3.63) is 47.8 Å². The summed E-state index contributed by atoms with van der Waals surface area (Å²) in [5, 5.41) is 10.0. The average Bonchev–Trinajstić information content (AvgIpc) is 3.09. The molecule has 1 aromatic heterocycles. The van der Waals surface area contributed by atoms with E-state index in [9.17, 15) is 5.11 Å². The molecular weight excluding hydrogens is 366 g/mol. The van der Waals surface area contributed by atoms with E-state index in [2.05, 4.69) is 57.6 Å². The fourth-order valence-electron chi connectivity index (χ4n) is 8.69. The van der Waals surface area contributed by atoms with E-state index < -0.39 is 0 Å². The first-order chi connectivity index (χ1) is 14.2. The van der Waals surface area contributed by atoms with Crippen LogP contribution < -0.4 is 0 Å². The number of aliphatic hydroxyl groups is 1.